The second-order valence-electron chi connectivity index (χ2n) is 5.63. The molecule has 1 aromatic heterocycles. The minimum Gasteiger partial charge on any atom is -0.354 e. The van der Waals surface area contributed by atoms with Crippen molar-refractivity contribution < 1.29 is 26.1 Å². The number of rotatable bonds is 4. The fourth-order valence-corrected chi connectivity index (χ4v) is 3.11. The molecule has 0 aliphatic heterocycles. The average molecular weight is 382 g/mol. The molecule has 3 aromatic rings. The summed E-state index contributed by atoms with van der Waals surface area (Å²) in [6.45, 7) is 1.86. The zero-order chi connectivity index (χ0) is 19.1. The lowest BCUT2D eigenvalue weighted by atomic mass is 9.98. The maximum atomic E-state index is 14.2. The van der Waals surface area contributed by atoms with E-state index >= 15 is 0 Å². The lowest BCUT2D eigenvalue weighted by molar-refractivity contribution is 0.113. The molecule has 0 radical (unpaired) electrons. The van der Waals surface area contributed by atoms with Gasteiger partial charge >= 0.3 is 0 Å². The Labute approximate surface area is 147 Å². The van der Waals surface area contributed by atoms with Gasteiger partial charge in [0.2, 0.25) is 15.8 Å². The zero-order valence-corrected chi connectivity index (χ0v) is 14.2. The summed E-state index contributed by atoms with van der Waals surface area (Å²) in [7, 11) is -4.27. The van der Waals surface area contributed by atoms with Crippen LogP contribution in [-0.4, -0.2) is 13.6 Å². The molecule has 0 amide bonds. The van der Waals surface area contributed by atoms with Crippen molar-refractivity contribution in [2.45, 2.75) is 18.2 Å². The van der Waals surface area contributed by atoms with E-state index in [1.807, 2.05) is 6.92 Å². The Morgan fingerprint density at radius 2 is 1.69 bits per heavy atom. The summed E-state index contributed by atoms with van der Waals surface area (Å²) in [5.74, 6) is -1.88. The van der Waals surface area contributed by atoms with Crippen LogP contribution in [0, 0.1) is 12.7 Å². The number of sulfonamides is 1. The minimum atomic E-state index is -4.27. The van der Waals surface area contributed by atoms with E-state index in [-0.39, 0.29) is 16.8 Å². The maximum absolute atomic E-state index is 14.2. The molecule has 0 atom stereocenters. The first-order chi connectivity index (χ1) is 12.2. The van der Waals surface area contributed by atoms with Crippen LogP contribution in [0.3, 0.4) is 0 Å². The number of nitrogens with zero attached hydrogens (tertiary/aromatic N) is 1. The Morgan fingerprint density at radius 3 is 2.23 bits per heavy atom. The number of alkyl halides is 2. The van der Waals surface area contributed by atoms with Crippen LogP contribution in [-0.2, 0) is 10.0 Å². The molecule has 26 heavy (non-hydrogen) atoms. The fourth-order valence-electron chi connectivity index (χ4n) is 2.53. The van der Waals surface area contributed by atoms with Crippen molar-refractivity contribution in [3.05, 3.63) is 59.6 Å². The van der Waals surface area contributed by atoms with E-state index in [1.54, 1.807) is 24.3 Å². The van der Waals surface area contributed by atoms with Gasteiger partial charge in [-0.1, -0.05) is 41.1 Å². The van der Waals surface area contributed by atoms with E-state index in [4.69, 9.17) is 9.66 Å². The summed E-state index contributed by atoms with van der Waals surface area (Å²) in [6, 6.07) is 9.78. The summed E-state index contributed by atoms with van der Waals surface area (Å²) in [5, 5.41) is 8.62. The SMILES string of the molecule is Cc1ccc(-c2noc(C(F)F)c2-c2ccc(S(N)(=O)=O)c(F)c2)cc1. The van der Waals surface area contributed by atoms with Gasteiger partial charge in [0.1, 0.15) is 16.4 Å². The van der Waals surface area contributed by atoms with Gasteiger partial charge in [-0.3, -0.25) is 0 Å². The largest absolute Gasteiger partial charge is 0.354 e. The number of hydrogen-bond acceptors (Lipinski definition) is 4. The summed E-state index contributed by atoms with van der Waals surface area (Å²) >= 11 is 0. The molecule has 0 aliphatic rings. The van der Waals surface area contributed by atoms with Crippen molar-refractivity contribution in [3.63, 3.8) is 0 Å². The normalized spacial score (nSPS) is 11.9. The predicted octanol–water partition coefficient (Wildman–Crippen LogP) is 4.04. The molecule has 0 bridgehead atoms. The van der Waals surface area contributed by atoms with Gasteiger partial charge in [0.15, 0.2) is 0 Å². The number of nitrogens with two attached hydrogens (primary N) is 1. The van der Waals surface area contributed by atoms with Crippen LogP contribution in [0.2, 0.25) is 0 Å². The van der Waals surface area contributed by atoms with Crippen LogP contribution in [0.4, 0.5) is 13.2 Å². The Morgan fingerprint density at radius 1 is 1.08 bits per heavy atom. The van der Waals surface area contributed by atoms with Gasteiger partial charge in [-0.15, -0.1) is 0 Å². The Balaban J connectivity index is 2.22. The highest BCUT2D eigenvalue weighted by atomic mass is 32.2. The molecule has 1 heterocycles. The molecule has 2 aromatic carbocycles. The van der Waals surface area contributed by atoms with Crippen molar-refractivity contribution >= 4 is 10.0 Å². The van der Waals surface area contributed by atoms with E-state index in [0.717, 1.165) is 17.7 Å². The molecular weight excluding hydrogens is 369 g/mol. The van der Waals surface area contributed by atoms with E-state index in [2.05, 4.69) is 5.16 Å². The molecule has 136 valence electrons. The van der Waals surface area contributed by atoms with E-state index < -0.39 is 32.9 Å². The predicted molar refractivity (Wildman–Crippen MR) is 88.4 cm³/mol. The average Bonchev–Trinajstić information content (AvgIpc) is 2.99. The molecule has 9 heteroatoms. The van der Waals surface area contributed by atoms with Crippen molar-refractivity contribution in [2.75, 3.05) is 0 Å². The monoisotopic (exact) mass is 382 g/mol. The standard InChI is InChI=1S/C17H13F3N2O3S/c1-9-2-4-10(5-3-9)15-14(16(17(19)20)25-22-15)11-6-7-13(12(18)8-11)26(21,23)24/h2-8,17H,1H3,(H2,21,23,24). The van der Waals surface area contributed by atoms with Crippen LogP contribution in [0.5, 0.6) is 0 Å². The molecular formula is C17H13F3N2O3S. The van der Waals surface area contributed by atoms with Crippen molar-refractivity contribution in [2.24, 2.45) is 5.14 Å². The van der Waals surface area contributed by atoms with Gasteiger partial charge in [-0.25, -0.2) is 26.7 Å². The second kappa shape index (κ2) is 6.58. The molecule has 5 nitrogen and oxygen atoms in total. The van der Waals surface area contributed by atoms with E-state index in [9.17, 15) is 21.6 Å². The summed E-state index contributed by atoms with van der Waals surface area (Å²) in [4.78, 5) is -0.729. The number of halogens is 3. The quantitative estimate of drug-likeness (QED) is 0.738. The van der Waals surface area contributed by atoms with Crippen LogP contribution in [0.1, 0.15) is 17.7 Å². The van der Waals surface area contributed by atoms with Crippen molar-refractivity contribution in [1.82, 2.24) is 5.16 Å². The summed E-state index contributed by atoms with van der Waals surface area (Å²) < 4.78 is 68.3. The van der Waals surface area contributed by atoms with E-state index in [1.165, 1.54) is 6.07 Å². The molecule has 2 N–H and O–H groups in total. The van der Waals surface area contributed by atoms with Crippen LogP contribution >= 0.6 is 0 Å². The van der Waals surface area contributed by atoms with E-state index in [0.29, 0.717) is 5.56 Å². The maximum Gasteiger partial charge on any atom is 0.298 e. The highest BCUT2D eigenvalue weighted by Crippen LogP contribution is 2.39. The zero-order valence-electron chi connectivity index (χ0n) is 13.4. The number of hydrogen-bond donors (Lipinski definition) is 1. The van der Waals surface area contributed by atoms with Crippen LogP contribution in [0.25, 0.3) is 22.4 Å². The van der Waals surface area contributed by atoms with Gasteiger partial charge in [-0.05, 0) is 24.6 Å². The molecule has 0 saturated heterocycles. The number of aryl methyl sites for hydroxylation is 1. The first kappa shape index (κ1) is 18.2. The van der Waals surface area contributed by atoms with Crippen molar-refractivity contribution in [1.29, 1.82) is 0 Å². The Kier molecular flexibility index (Phi) is 4.59. The highest BCUT2D eigenvalue weighted by molar-refractivity contribution is 7.89. The lowest BCUT2D eigenvalue weighted by Crippen LogP contribution is -2.14. The Hall–Kier alpha value is -2.65. The topological polar surface area (TPSA) is 86.2 Å². The third-order valence-electron chi connectivity index (χ3n) is 3.77. The smallest absolute Gasteiger partial charge is 0.298 e. The molecule has 0 unspecified atom stereocenters. The summed E-state index contributed by atoms with van der Waals surface area (Å²) in [5.41, 5.74) is 1.45. The summed E-state index contributed by atoms with van der Waals surface area (Å²) in [6.07, 6.45) is -2.99. The first-order valence-electron chi connectivity index (χ1n) is 7.36. The molecule has 0 fully saturated rings. The van der Waals surface area contributed by atoms with Crippen LogP contribution in [0.15, 0.2) is 51.9 Å². The van der Waals surface area contributed by atoms with Gasteiger partial charge in [0.05, 0.1) is 5.56 Å². The van der Waals surface area contributed by atoms with Gasteiger partial charge < -0.3 is 4.52 Å². The molecule has 3 rings (SSSR count). The molecule has 0 saturated carbocycles. The lowest BCUT2D eigenvalue weighted by Gasteiger charge is -2.07. The first-order valence-corrected chi connectivity index (χ1v) is 8.90. The highest BCUT2D eigenvalue weighted by Gasteiger charge is 2.27. The molecule has 0 aliphatic carbocycles. The van der Waals surface area contributed by atoms with Crippen molar-refractivity contribution in [3.8, 4) is 22.4 Å². The second-order valence-corrected chi connectivity index (χ2v) is 7.16. The number of primary sulfonamides is 1. The third-order valence-corrected chi connectivity index (χ3v) is 4.71. The number of benzene rings is 2. The van der Waals surface area contributed by atoms with Gasteiger partial charge in [0.25, 0.3) is 6.43 Å². The third kappa shape index (κ3) is 3.35. The molecule has 0 spiro atoms. The van der Waals surface area contributed by atoms with Gasteiger partial charge in [0, 0.05) is 5.56 Å². The van der Waals surface area contributed by atoms with Crippen LogP contribution < -0.4 is 5.14 Å². The minimum absolute atomic E-state index is 0.00188. The number of aromatic nitrogens is 1. The fraction of sp³-hybridized carbons (Fsp3) is 0.118. The van der Waals surface area contributed by atoms with Gasteiger partial charge in [-0.2, -0.15) is 0 Å². The Bertz CT molecular complexity index is 1060.